The van der Waals surface area contributed by atoms with Crippen molar-refractivity contribution in [1.29, 1.82) is 0 Å². The molecule has 3 aromatic rings. The quantitative estimate of drug-likeness (QED) is 0.556. The molecule has 0 saturated heterocycles. The van der Waals surface area contributed by atoms with Crippen LogP contribution < -0.4 is 11.5 Å². The van der Waals surface area contributed by atoms with Crippen LogP contribution in [0.3, 0.4) is 0 Å². The highest BCUT2D eigenvalue weighted by atomic mass is 14.7. The zero-order valence-corrected chi connectivity index (χ0v) is 8.51. The first-order chi connectivity index (χ1) is 7.72. The summed E-state index contributed by atoms with van der Waals surface area (Å²) >= 11 is 0. The van der Waals surface area contributed by atoms with Crippen molar-refractivity contribution in [3.8, 4) is 0 Å². The number of hydrogen-bond acceptors (Lipinski definition) is 4. The van der Waals surface area contributed by atoms with Gasteiger partial charge in [-0.15, -0.1) is 0 Å². The molecule has 0 fully saturated rings. The second-order valence-corrected chi connectivity index (χ2v) is 3.77. The molecule has 2 heterocycles. The van der Waals surface area contributed by atoms with E-state index < -0.39 is 0 Å². The fourth-order valence-electron chi connectivity index (χ4n) is 1.79. The number of nitrogens with two attached hydrogens (primary N) is 2. The summed E-state index contributed by atoms with van der Waals surface area (Å²) in [6, 6.07) is 7.72. The molecule has 0 aliphatic rings. The monoisotopic (exact) mass is 210 g/mol. The molecule has 78 valence electrons. The van der Waals surface area contributed by atoms with E-state index in [0.717, 1.165) is 21.8 Å². The zero-order valence-electron chi connectivity index (χ0n) is 8.51. The number of nitrogen functional groups attached to an aromatic ring is 2. The van der Waals surface area contributed by atoms with Gasteiger partial charge in [-0.2, -0.15) is 0 Å². The van der Waals surface area contributed by atoms with Crippen molar-refractivity contribution in [2.45, 2.75) is 0 Å². The summed E-state index contributed by atoms with van der Waals surface area (Å²) in [5.41, 5.74) is 14.5. The summed E-state index contributed by atoms with van der Waals surface area (Å²) in [6.07, 6.45) is 3.29. The Balaban J connectivity index is 2.44. The average molecular weight is 210 g/mol. The van der Waals surface area contributed by atoms with Crippen molar-refractivity contribution in [1.82, 2.24) is 9.97 Å². The molecule has 2 aromatic heterocycles. The number of anilines is 2. The molecule has 0 amide bonds. The summed E-state index contributed by atoms with van der Waals surface area (Å²) in [6.45, 7) is 0. The van der Waals surface area contributed by atoms with Gasteiger partial charge in [0, 0.05) is 10.8 Å². The van der Waals surface area contributed by atoms with E-state index in [4.69, 9.17) is 11.5 Å². The number of nitrogens with zero attached hydrogens (tertiary/aromatic N) is 2. The van der Waals surface area contributed by atoms with Gasteiger partial charge in [0.25, 0.3) is 0 Å². The van der Waals surface area contributed by atoms with Crippen LogP contribution in [0, 0.1) is 0 Å². The minimum absolute atomic E-state index is 0.656. The molecule has 4 N–H and O–H groups in total. The van der Waals surface area contributed by atoms with Gasteiger partial charge < -0.3 is 11.5 Å². The van der Waals surface area contributed by atoms with Crippen LogP contribution in [0.2, 0.25) is 0 Å². The maximum atomic E-state index is 5.70. The average Bonchev–Trinajstić information content (AvgIpc) is 2.26. The van der Waals surface area contributed by atoms with E-state index in [0.29, 0.717) is 11.4 Å². The van der Waals surface area contributed by atoms with Crippen LogP contribution in [0.15, 0.2) is 36.7 Å². The van der Waals surface area contributed by atoms with Crippen LogP contribution in [-0.2, 0) is 0 Å². The van der Waals surface area contributed by atoms with Crippen LogP contribution in [-0.4, -0.2) is 9.97 Å². The smallest absolute Gasteiger partial charge is 0.0725 e. The SMILES string of the molecule is Nc1cnc2cc3ncc(N)cc3cc2c1. The van der Waals surface area contributed by atoms with E-state index in [-0.39, 0.29) is 0 Å². The van der Waals surface area contributed by atoms with Crippen molar-refractivity contribution in [2.24, 2.45) is 0 Å². The predicted octanol–water partition coefficient (Wildman–Crippen LogP) is 1.95. The molecule has 4 nitrogen and oxygen atoms in total. The van der Waals surface area contributed by atoms with Gasteiger partial charge >= 0.3 is 0 Å². The Hall–Kier alpha value is -2.36. The Kier molecular flexibility index (Phi) is 1.71. The maximum absolute atomic E-state index is 5.70. The van der Waals surface area contributed by atoms with Crippen LogP contribution in [0.1, 0.15) is 0 Å². The number of aromatic nitrogens is 2. The van der Waals surface area contributed by atoms with Crippen LogP contribution in [0.25, 0.3) is 21.8 Å². The summed E-state index contributed by atoms with van der Waals surface area (Å²) in [4.78, 5) is 8.51. The second kappa shape index (κ2) is 3.06. The molecule has 0 aliphatic carbocycles. The maximum Gasteiger partial charge on any atom is 0.0725 e. The summed E-state index contributed by atoms with van der Waals surface area (Å²) in [5.74, 6) is 0. The largest absolute Gasteiger partial charge is 0.397 e. The third kappa shape index (κ3) is 1.32. The summed E-state index contributed by atoms with van der Waals surface area (Å²) in [7, 11) is 0. The van der Waals surface area contributed by atoms with Gasteiger partial charge in [0.05, 0.1) is 34.8 Å². The standard InChI is InChI=1S/C12H10N4/c13-9-2-7-1-8-3-10(14)6-16-12(8)4-11(7)15-5-9/h1-6H,13-14H2. The fraction of sp³-hybridized carbons (Fsp3) is 0. The number of benzene rings is 1. The third-order valence-corrected chi connectivity index (χ3v) is 2.53. The molecule has 0 unspecified atom stereocenters. The lowest BCUT2D eigenvalue weighted by molar-refractivity contribution is 1.39. The molecule has 0 radical (unpaired) electrons. The molecule has 0 saturated carbocycles. The third-order valence-electron chi connectivity index (χ3n) is 2.53. The Bertz CT molecular complexity index is 634. The highest BCUT2D eigenvalue weighted by molar-refractivity contribution is 5.96. The van der Waals surface area contributed by atoms with Crippen molar-refractivity contribution >= 4 is 33.2 Å². The van der Waals surface area contributed by atoms with E-state index in [9.17, 15) is 0 Å². The minimum atomic E-state index is 0.656. The lowest BCUT2D eigenvalue weighted by Crippen LogP contribution is -1.90. The van der Waals surface area contributed by atoms with Crippen molar-refractivity contribution in [3.05, 3.63) is 36.7 Å². The fourth-order valence-corrected chi connectivity index (χ4v) is 1.79. The number of hydrogen-bond donors (Lipinski definition) is 2. The van der Waals surface area contributed by atoms with E-state index in [2.05, 4.69) is 9.97 Å². The summed E-state index contributed by atoms with van der Waals surface area (Å²) < 4.78 is 0. The highest BCUT2D eigenvalue weighted by Gasteiger charge is 2.01. The predicted molar refractivity (Wildman–Crippen MR) is 65.9 cm³/mol. The first kappa shape index (κ1) is 8.91. The Morgan fingerprint density at radius 1 is 0.688 bits per heavy atom. The Labute approximate surface area is 91.9 Å². The first-order valence-electron chi connectivity index (χ1n) is 4.93. The zero-order chi connectivity index (χ0) is 11.1. The molecule has 16 heavy (non-hydrogen) atoms. The molecule has 4 heteroatoms. The number of rotatable bonds is 0. The van der Waals surface area contributed by atoms with Crippen LogP contribution in [0.4, 0.5) is 11.4 Å². The van der Waals surface area contributed by atoms with Gasteiger partial charge in [-0.3, -0.25) is 9.97 Å². The van der Waals surface area contributed by atoms with Gasteiger partial charge in [0.2, 0.25) is 0 Å². The van der Waals surface area contributed by atoms with Crippen LogP contribution in [0.5, 0.6) is 0 Å². The molecule has 0 bridgehead atoms. The molecular weight excluding hydrogens is 200 g/mol. The van der Waals surface area contributed by atoms with Gasteiger partial charge in [0.1, 0.15) is 0 Å². The van der Waals surface area contributed by atoms with Crippen molar-refractivity contribution < 1.29 is 0 Å². The Morgan fingerprint density at radius 3 is 1.69 bits per heavy atom. The molecule has 0 aliphatic heterocycles. The normalized spacial score (nSPS) is 11.0. The van der Waals surface area contributed by atoms with Gasteiger partial charge in [-0.1, -0.05) is 0 Å². The Morgan fingerprint density at radius 2 is 1.19 bits per heavy atom. The van der Waals surface area contributed by atoms with Crippen molar-refractivity contribution in [3.63, 3.8) is 0 Å². The molecule has 3 rings (SSSR count). The van der Waals surface area contributed by atoms with Crippen molar-refractivity contribution in [2.75, 3.05) is 11.5 Å². The van der Waals surface area contributed by atoms with Gasteiger partial charge in [-0.05, 0) is 24.3 Å². The number of pyridine rings is 2. The molecule has 0 spiro atoms. The lowest BCUT2D eigenvalue weighted by atomic mass is 10.1. The molecule has 1 aromatic carbocycles. The first-order valence-corrected chi connectivity index (χ1v) is 4.93. The van der Waals surface area contributed by atoms with E-state index in [1.165, 1.54) is 0 Å². The highest BCUT2D eigenvalue weighted by Crippen LogP contribution is 2.22. The number of fused-ring (bicyclic) bond motifs is 2. The summed E-state index contributed by atoms with van der Waals surface area (Å²) in [5, 5.41) is 2.00. The minimum Gasteiger partial charge on any atom is -0.397 e. The van der Waals surface area contributed by atoms with E-state index >= 15 is 0 Å². The lowest BCUT2D eigenvalue weighted by Gasteiger charge is -2.02. The molecular formula is C12H10N4. The van der Waals surface area contributed by atoms with Crippen LogP contribution >= 0.6 is 0 Å². The van der Waals surface area contributed by atoms with E-state index in [1.54, 1.807) is 12.4 Å². The van der Waals surface area contributed by atoms with E-state index in [1.807, 2.05) is 24.3 Å². The second-order valence-electron chi connectivity index (χ2n) is 3.77. The van der Waals surface area contributed by atoms with Gasteiger partial charge in [0.15, 0.2) is 0 Å². The molecule has 0 atom stereocenters. The topological polar surface area (TPSA) is 77.8 Å². The van der Waals surface area contributed by atoms with Gasteiger partial charge in [-0.25, -0.2) is 0 Å².